The lowest BCUT2D eigenvalue weighted by Gasteiger charge is -2.14. The molecule has 0 fully saturated rings. The highest BCUT2D eigenvalue weighted by atomic mass is 19.1. The van der Waals surface area contributed by atoms with Crippen molar-refractivity contribution in [2.24, 2.45) is 16.6 Å². The maximum Gasteiger partial charge on any atom is 0.254 e. The van der Waals surface area contributed by atoms with Crippen molar-refractivity contribution in [1.29, 1.82) is 0 Å². The van der Waals surface area contributed by atoms with Gasteiger partial charge in [0, 0.05) is 36.9 Å². The number of aliphatic imine (C=N–C) groups is 1. The highest BCUT2D eigenvalue weighted by molar-refractivity contribution is 5.98. The van der Waals surface area contributed by atoms with Gasteiger partial charge in [-0.15, -0.1) is 0 Å². The number of ether oxygens (including phenoxy) is 2. The fourth-order valence-electron chi connectivity index (χ4n) is 3.93. The Balaban J connectivity index is 0.00000274. The molecule has 6 N–H and O–H groups in total. The average Bonchev–Trinajstić information content (AvgIpc) is 2.97. The fourth-order valence-corrected chi connectivity index (χ4v) is 3.93. The van der Waals surface area contributed by atoms with Gasteiger partial charge in [-0.3, -0.25) is 10.6 Å². The Morgan fingerprint density at radius 1 is 1.00 bits per heavy atom. The summed E-state index contributed by atoms with van der Waals surface area (Å²) in [6.07, 6.45) is 0.422. The molecule has 0 spiro atoms. The minimum Gasteiger partial charge on any atom is -0.481 e. The van der Waals surface area contributed by atoms with E-state index in [9.17, 15) is 9.18 Å². The van der Waals surface area contributed by atoms with Crippen LogP contribution in [-0.2, 0) is 16.1 Å². The van der Waals surface area contributed by atoms with Crippen molar-refractivity contribution in [3.8, 4) is 11.1 Å². The van der Waals surface area contributed by atoms with E-state index < -0.39 is 11.7 Å². The van der Waals surface area contributed by atoms with Crippen LogP contribution in [0.4, 0.5) is 4.39 Å². The van der Waals surface area contributed by atoms with Gasteiger partial charge in [-0.2, -0.15) is 0 Å². The number of nitrogens with zero attached hydrogens (tertiary/aromatic N) is 1. The molecule has 0 unspecified atom stereocenters. The van der Waals surface area contributed by atoms with Crippen molar-refractivity contribution >= 4 is 17.5 Å². The smallest absolute Gasteiger partial charge is 0.254 e. The van der Waals surface area contributed by atoms with Crippen LogP contribution in [0, 0.1) is 12.7 Å². The summed E-state index contributed by atoms with van der Waals surface area (Å²) < 4.78 is 25.8. The van der Waals surface area contributed by atoms with Crippen molar-refractivity contribution in [2.75, 3.05) is 27.8 Å². The second-order valence-corrected chi connectivity index (χ2v) is 8.64. The van der Waals surface area contributed by atoms with Gasteiger partial charge < -0.3 is 25.9 Å². The summed E-state index contributed by atoms with van der Waals surface area (Å²) in [7, 11) is 4.66. The van der Waals surface area contributed by atoms with Gasteiger partial charge in [0.15, 0.2) is 0 Å². The molecular weight excluding hydrogens is 509 g/mol. The number of nitrogens with two attached hydrogens (primary N) is 2. The molecule has 0 aliphatic rings. The number of benzene rings is 3. The Hall–Kier alpha value is -4.31. The summed E-state index contributed by atoms with van der Waals surface area (Å²) in [5.41, 5.74) is 13.1. The number of rotatable bonds is 11. The molecule has 8 nitrogen and oxygen atoms in total. The first-order valence-electron chi connectivity index (χ1n) is 12.6. The molecule has 0 heterocycles. The molecule has 40 heavy (non-hydrogen) atoms. The summed E-state index contributed by atoms with van der Waals surface area (Å²) in [5.74, 6) is 4.35. The van der Waals surface area contributed by atoms with Gasteiger partial charge >= 0.3 is 0 Å². The molecule has 0 aliphatic heterocycles. The minimum absolute atomic E-state index is 0.0835. The van der Waals surface area contributed by atoms with Crippen LogP contribution in [0.15, 0.2) is 84.5 Å². The van der Waals surface area contributed by atoms with Crippen LogP contribution < -0.4 is 22.3 Å². The fraction of sp³-hybridized carbons (Fsp3) is 0.226. The van der Waals surface area contributed by atoms with Crippen LogP contribution in [0.5, 0.6) is 0 Å². The van der Waals surface area contributed by atoms with E-state index in [1.54, 1.807) is 13.2 Å². The lowest BCUT2D eigenvalue weighted by molar-refractivity contribution is 0.0950. The molecule has 0 atom stereocenters. The van der Waals surface area contributed by atoms with Crippen LogP contribution in [0.3, 0.4) is 0 Å². The third kappa shape index (κ3) is 8.34. The van der Waals surface area contributed by atoms with Gasteiger partial charge in [-0.05, 0) is 60.5 Å². The molecule has 0 saturated heterocycles. The molecule has 0 radical (unpaired) electrons. The molecule has 1 amide bonds. The van der Waals surface area contributed by atoms with E-state index in [4.69, 9.17) is 15.3 Å². The molecule has 0 saturated carbocycles. The number of methoxy groups -OCH3 is 2. The lowest BCUT2D eigenvalue weighted by Crippen LogP contribution is -2.28. The zero-order valence-electron chi connectivity index (χ0n) is 23.5. The Morgan fingerprint density at radius 2 is 1.70 bits per heavy atom. The van der Waals surface area contributed by atoms with Crippen LogP contribution in [-0.4, -0.2) is 39.6 Å². The molecule has 0 aliphatic carbocycles. The van der Waals surface area contributed by atoms with E-state index in [0.29, 0.717) is 30.2 Å². The van der Waals surface area contributed by atoms with Crippen LogP contribution in [0.2, 0.25) is 0 Å². The first-order chi connectivity index (χ1) is 19.3. The lowest BCUT2D eigenvalue weighted by atomic mass is 9.94. The van der Waals surface area contributed by atoms with E-state index >= 15 is 0 Å². The van der Waals surface area contributed by atoms with Crippen molar-refractivity contribution < 1.29 is 18.7 Å². The van der Waals surface area contributed by atoms with E-state index in [1.807, 2.05) is 30.3 Å². The number of amides is 1. The van der Waals surface area contributed by atoms with Crippen LogP contribution >= 0.6 is 0 Å². The van der Waals surface area contributed by atoms with Gasteiger partial charge in [-0.1, -0.05) is 49.6 Å². The standard InChI is InChI=1S/C30H33FN4O3.CH5N/c1-19-8-6-7-9-25(19)26-12-11-23(16-24(26)18-37-4)30(38-5)34-21(3)22-10-13-27(28(31)17-22)29(36)33-15-14-20(2)35-32;1-2/h6-13,16-17,35H,2-3,14-15,18,32H2,1,4-5H3,(H,33,36);2H2,1H3. The summed E-state index contributed by atoms with van der Waals surface area (Å²) in [6, 6.07) is 18.3. The van der Waals surface area contributed by atoms with Crippen molar-refractivity contribution in [3.63, 3.8) is 0 Å². The number of hydrogen-bond donors (Lipinski definition) is 4. The third-order valence-electron chi connectivity index (χ3n) is 5.98. The van der Waals surface area contributed by atoms with E-state index in [1.165, 1.54) is 26.3 Å². The normalized spacial score (nSPS) is 10.7. The average molecular weight is 548 g/mol. The van der Waals surface area contributed by atoms with Crippen LogP contribution in [0.1, 0.15) is 39.0 Å². The predicted octanol–water partition coefficient (Wildman–Crippen LogP) is 4.68. The van der Waals surface area contributed by atoms with E-state index in [0.717, 1.165) is 27.8 Å². The summed E-state index contributed by atoms with van der Waals surface area (Å²) in [6.45, 7) is 10.4. The number of hydrogen-bond acceptors (Lipinski definition) is 7. The molecule has 9 heteroatoms. The van der Waals surface area contributed by atoms with Gasteiger partial charge in [0.1, 0.15) is 5.82 Å². The molecule has 3 aromatic rings. The minimum atomic E-state index is -0.684. The molecule has 3 aromatic carbocycles. The Morgan fingerprint density at radius 3 is 2.33 bits per heavy atom. The topological polar surface area (TPSA) is 124 Å². The Labute approximate surface area is 235 Å². The second kappa shape index (κ2) is 15.9. The monoisotopic (exact) mass is 547 g/mol. The number of carbonyl (C=O) groups excluding carboxylic acids is 1. The molecule has 0 aromatic heterocycles. The van der Waals surface area contributed by atoms with Crippen LogP contribution in [0.25, 0.3) is 16.8 Å². The van der Waals surface area contributed by atoms with Gasteiger partial charge in [-0.25, -0.2) is 9.38 Å². The van der Waals surface area contributed by atoms with E-state index in [2.05, 4.69) is 53.7 Å². The maximum atomic E-state index is 14.8. The summed E-state index contributed by atoms with van der Waals surface area (Å²) in [5, 5.41) is 2.64. The van der Waals surface area contributed by atoms with Gasteiger partial charge in [0.05, 0.1) is 25.0 Å². The predicted molar refractivity (Wildman–Crippen MR) is 160 cm³/mol. The molecular formula is C31H38FN5O3. The maximum absolute atomic E-state index is 14.8. The van der Waals surface area contributed by atoms with Crippen molar-refractivity contribution in [3.05, 3.63) is 113 Å². The molecule has 0 bridgehead atoms. The van der Waals surface area contributed by atoms with Gasteiger partial charge in [0.2, 0.25) is 5.90 Å². The number of nitrogens with one attached hydrogen (secondary N) is 2. The number of hydrazine groups is 1. The zero-order valence-corrected chi connectivity index (χ0v) is 23.5. The first-order valence-corrected chi connectivity index (χ1v) is 12.6. The van der Waals surface area contributed by atoms with Crippen molar-refractivity contribution in [2.45, 2.75) is 20.0 Å². The summed E-state index contributed by atoms with van der Waals surface area (Å²) in [4.78, 5) is 16.9. The SMILES string of the molecule is C=C(CCNC(=O)c1ccc(C(=C)N=C(OC)c2ccc(-c3ccccc3C)c(COC)c2)cc1F)NN.CN. The van der Waals surface area contributed by atoms with Crippen molar-refractivity contribution in [1.82, 2.24) is 10.7 Å². The largest absolute Gasteiger partial charge is 0.481 e. The third-order valence-corrected chi connectivity index (χ3v) is 5.98. The highest BCUT2D eigenvalue weighted by Gasteiger charge is 2.15. The quantitative estimate of drug-likeness (QED) is 0.120. The Kier molecular flexibility index (Phi) is 12.7. The highest BCUT2D eigenvalue weighted by Crippen LogP contribution is 2.29. The van der Waals surface area contributed by atoms with E-state index in [-0.39, 0.29) is 17.8 Å². The number of carbonyl (C=O) groups is 1. The summed E-state index contributed by atoms with van der Waals surface area (Å²) >= 11 is 0. The van der Waals surface area contributed by atoms with Gasteiger partial charge in [0.25, 0.3) is 5.91 Å². The first kappa shape index (κ1) is 31.9. The Bertz CT molecular complexity index is 1370. The number of aryl methyl sites for hydroxylation is 1. The molecule has 212 valence electrons. The zero-order chi connectivity index (χ0) is 29.7. The number of halogens is 1. The second-order valence-electron chi connectivity index (χ2n) is 8.64. The molecule has 3 rings (SSSR count).